The summed E-state index contributed by atoms with van der Waals surface area (Å²) in [6.07, 6.45) is 0. The minimum absolute atomic E-state index is 0.599. The van der Waals surface area contributed by atoms with Crippen LogP contribution in [0.4, 0.5) is 17.1 Å². The molecule has 0 aliphatic heterocycles. The van der Waals surface area contributed by atoms with Crippen LogP contribution in [-0.2, 0) is 5.41 Å². The van der Waals surface area contributed by atoms with Gasteiger partial charge in [-0.05, 0) is 267 Å². The van der Waals surface area contributed by atoms with Gasteiger partial charge in [-0.2, -0.15) is 0 Å². The minimum atomic E-state index is -0.599. The van der Waals surface area contributed by atoms with Crippen molar-refractivity contribution in [1.29, 1.82) is 0 Å². The van der Waals surface area contributed by atoms with Crippen LogP contribution in [0.25, 0.3) is 182 Å². The smallest absolute Gasteiger partial charge is 0.0726 e. The molecule has 524 valence electrons. The Balaban J connectivity index is 0.624. The van der Waals surface area contributed by atoms with Crippen molar-refractivity contribution in [2.75, 3.05) is 4.90 Å². The lowest BCUT2D eigenvalue weighted by Gasteiger charge is -2.31. The van der Waals surface area contributed by atoms with Crippen LogP contribution in [0.2, 0.25) is 0 Å². The molecule has 2 aliphatic rings. The molecule has 0 bridgehead atoms. The molecule has 0 fully saturated rings. The van der Waals surface area contributed by atoms with Gasteiger partial charge >= 0.3 is 0 Å². The third kappa shape index (κ3) is 9.33. The highest BCUT2D eigenvalue weighted by molar-refractivity contribution is 6.27. The van der Waals surface area contributed by atoms with Crippen molar-refractivity contribution in [2.24, 2.45) is 0 Å². The van der Waals surface area contributed by atoms with Crippen LogP contribution in [0.5, 0.6) is 0 Å². The Hall–Kier alpha value is -14.8. The van der Waals surface area contributed by atoms with Crippen molar-refractivity contribution >= 4 is 115 Å². The quantitative estimate of drug-likeness (QED) is 0.125. The van der Waals surface area contributed by atoms with Gasteiger partial charge in [0.05, 0.1) is 38.5 Å². The Kier molecular flexibility index (Phi) is 13.7. The molecule has 113 heavy (non-hydrogen) atoms. The summed E-state index contributed by atoms with van der Waals surface area (Å²) in [4.78, 5) is 2.32. The zero-order valence-corrected chi connectivity index (χ0v) is 61.5. The van der Waals surface area contributed by atoms with Crippen molar-refractivity contribution in [3.63, 3.8) is 0 Å². The highest BCUT2D eigenvalue weighted by Gasteiger charge is 2.52. The van der Waals surface area contributed by atoms with Crippen LogP contribution in [0, 0.1) is 0 Å². The molecule has 0 saturated heterocycles. The lowest BCUT2D eigenvalue weighted by Crippen LogP contribution is -2.26. The first-order valence-corrected chi connectivity index (χ1v) is 39.2. The topological polar surface area (TPSA) is 18.0 Å². The second-order valence-electron chi connectivity index (χ2n) is 30.6. The number of anilines is 3. The summed E-state index contributed by atoms with van der Waals surface area (Å²) in [5.74, 6) is 0. The van der Waals surface area contributed by atoms with E-state index in [1.165, 1.54) is 187 Å². The monoisotopic (exact) mass is 1430 g/mol. The molecule has 1 unspecified atom stereocenters. The van der Waals surface area contributed by atoms with E-state index in [0.29, 0.717) is 0 Å². The first kappa shape index (κ1) is 63.1. The highest BCUT2D eigenvalue weighted by atomic mass is 15.1. The SMILES string of the molecule is c1ccc(N(c2ccccc2)c2ccc(-c3ccc4c(c3)c3ccccc3n4-c3ccc4c(c3)C3(c5ccccc5-4)c4ccccc4-c4c(-c5ccc6c7cc(-c8ccc9c(c8)c8cc(-c%10ccc%11c(c%10)c%10ccccc%10n%11-c%10ccccc%10)ccc8n9-c8ccccc8)ccc7c7ccccc7c6c5)cccc43)cc2)cc1. The zero-order chi connectivity index (χ0) is 74.0. The number of aromatic nitrogens is 3. The predicted molar refractivity (Wildman–Crippen MR) is 475 cm³/mol. The van der Waals surface area contributed by atoms with E-state index in [-0.39, 0.29) is 0 Å². The fraction of sp³-hybridized carbons (Fsp3) is 0.00917. The summed E-state index contributed by atoms with van der Waals surface area (Å²) in [5.41, 5.74) is 33.2. The van der Waals surface area contributed by atoms with Crippen LogP contribution < -0.4 is 4.90 Å². The van der Waals surface area contributed by atoms with E-state index in [2.05, 4.69) is 431 Å². The Morgan fingerprint density at radius 1 is 0.168 bits per heavy atom. The van der Waals surface area contributed by atoms with E-state index in [9.17, 15) is 0 Å². The van der Waals surface area contributed by atoms with E-state index < -0.39 is 5.41 Å². The molecular formula is C109H68N4. The van der Waals surface area contributed by atoms with Gasteiger partial charge in [0, 0.05) is 66.4 Å². The first-order chi connectivity index (χ1) is 56.1. The Morgan fingerprint density at radius 3 is 1.05 bits per heavy atom. The number of hydrogen-bond acceptors (Lipinski definition) is 1. The van der Waals surface area contributed by atoms with Gasteiger partial charge < -0.3 is 18.6 Å². The molecule has 3 heterocycles. The second kappa shape index (κ2) is 24.6. The average molecular weight is 1430 g/mol. The molecule has 24 rings (SSSR count). The van der Waals surface area contributed by atoms with E-state index in [0.717, 1.165) is 34.1 Å². The Labute approximate surface area is 653 Å². The summed E-state index contributed by atoms with van der Waals surface area (Å²) in [7, 11) is 0. The molecule has 3 aromatic heterocycles. The van der Waals surface area contributed by atoms with Gasteiger partial charge in [-0.1, -0.05) is 267 Å². The van der Waals surface area contributed by atoms with E-state index in [1.807, 2.05) is 0 Å². The number of benzene rings is 19. The standard InChI is InChI=1S/C109H68N4/c1-5-24-76(25-6-1)110(77-26-7-2-8-27-77)80-52-44-69(45-53-80)70-48-58-105-94(63-70)90-36-18-22-43-103(90)113(105)81-54-57-88-87-34-15-19-39-98(87)109(101(88)68-81)99-40-20-16-37-91(99)108-82(38-23-41-100(108)109)75-47-56-86-92-62-71(46-55-85(92)83-32-13-14-33-84(83)93(86)67-75)73-50-60-106-96(65-73)97-66-74(51-61-107(97)112(106)79-30-11-4-12-31-79)72-49-59-104-95(64-72)89-35-17-21-42-102(89)111(104)78-28-9-3-10-29-78/h1-68H. The molecule has 1 spiro atoms. The van der Waals surface area contributed by atoms with E-state index in [4.69, 9.17) is 0 Å². The molecule has 4 nitrogen and oxygen atoms in total. The molecule has 0 radical (unpaired) electrons. The lowest BCUT2D eigenvalue weighted by atomic mass is 9.70. The van der Waals surface area contributed by atoms with E-state index >= 15 is 0 Å². The van der Waals surface area contributed by atoms with Crippen LogP contribution in [0.15, 0.2) is 413 Å². The average Bonchev–Trinajstić information content (AvgIpc) is 1.51. The highest BCUT2D eigenvalue weighted by Crippen LogP contribution is 2.65. The van der Waals surface area contributed by atoms with Crippen molar-refractivity contribution in [2.45, 2.75) is 5.41 Å². The maximum Gasteiger partial charge on any atom is 0.0726 e. The summed E-state index contributed by atoms with van der Waals surface area (Å²) in [5, 5.41) is 14.8. The number of nitrogens with zero attached hydrogens (tertiary/aromatic N) is 4. The van der Waals surface area contributed by atoms with Gasteiger partial charge in [0.1, 0.15) is 0 Å². The molecule has 0 saturated carbocycles. The predicted octanol–water partition coefficient (Wildman–Crippen LogP) is 28.9. The first-order valence-electron chi connectivity index (χ1n) is 39.2. The second-order valence-corrected chi connectivity index (χ2v) is 30.6. The minimum Gasteiger partial charge on any atom is -0.311 e. The van der Waals surface area contributed by atoms with Crippen LogP contribution in [-0.4, -0.2) is 13.7 Å². The number of fused-ring (bicyclic) bond motifs is 25. The third-order valence-electron chi connectivity index (χ3n) is 24.8. The number of para-hydroxylation sites is 6. The van der Waals surface area contributed by atoms with Crippen molar-refractivity contribution in [3.8, 4) is 83.8 Å². The van der Waals surface area contributed by atoms with E-state index in [1.54, 1.807) is 0 Å². The van der Waals surface area contributed by atoms with Gasteiger partial charge in [-0.3, -0.25) is 0 Å². The molecule has 4 heteroatoms. The van der Waals surface area contributed by atoms with Gasteiger partial charge in [0.15, 0.2) is 0 Å². The fourth-order valence-electron chi connectivity index (χ4n) is 19.9. The molecule has 1 atom stereocenters. The molecule has 0 amide bonds. The Bertz CT molecular complexity index is 7680. The maximum atomic E-state index is 2.53. The van der Waals surface area contributed by atoms with Gasteiger partial charge in [-0.25, -0.2) is 0 Å². The summed E-state index contributed by atoms with van der Waals surface area (Å²) >= 11 is 0. The molecule has 22 aromatic rings. The van der Waals surface area contributed by atoms with Crippen LogP contribution in [0.1, 0.15) is 22.3 Å². The number of rotatable bonds is 10. The lowest BCUT2D eigenvalue weighted by molar-refractivity contribution is 0.792. The maximum absolute atomic E-state index is 2.53. The summed E-state index contributed by atoms with van der Waals surface area (Å²) < 4.78 is 7.33. The normalized spacial score (nSPS) is 13.5. The fourth-order valence-corrected chi connectivity index (χ4v) is 19.9. The molecule has 19 aromatic carbocycles. The summed E-state index contributed by atoms with van der Waals surface area (Å²) in [6, 6.07) is 154. The third-order valence-corrected chi connectivity index (χ3v) is 24.8. The molecule has 2 aliphatic carbocycles. The largest absolute Gasteiger partial charge is 0.311 e. The van der Waals surface area contributed by atoms with Gasteiger partial charge in [-0.15, -0.1) is 0 Å². The molecular weight excluding hydrogens is 1370 g/mol. The summed E-state index contributed by atoms with van der Waals surface area (Å²) in [6.45, 7) is 0. The number of hydrogen-bond donors (Lipinski definition) is 0. The Morgan fingerprint density at radius 2 is 0.504 bits per heavy atom. The van der Waals surface area contributed by atoms with Gasteiger partial charge in [0.25, 0.3) is 0 Å². The van der Waals surface area contributed by atoms with Gasteiger partial charge in [0.2, 0.25) is 0 Å². The zero-order valence-electron chi connectivity index (χ0n) is 61.5. The van der Waals surface area contributed by atoms with Crippen molar-refractivity contribution in [1.82, 2.24) is 13.7 Å². The van der Waals surface area contributed by atoms with Crippen LogP contribution >= 0.6 is 0 Å². The van der Waals surface area contributed by atoms with Crippen molar-refractivity contribution < 1.29 is 0 Å². The molecule has 0 N–H and O–H groups in total. The van der Waals surface area contributed by atoms with Crippen molar-refractivity contribution in [3.05, 3.63) is 435 Å². The van der Waals surface area contributed by atoms with Crippen LogP contribution in [0.3, 0.4) is 0 Å².